The van der Waals surface area contributed by atoms with Gasteiger partial charge in [-0.25, -0.2) is 4.98 Å². The fourth-order valence-corrected chi connectivity index (χ4v) is 2.83. The highest BCUT2D eigenvalue weighted by atomic mass is 32.1. The van der Waals surface area contributed by atoms with Crippen molar-refractivity contribution < 1.29 is 18.6 Å². The van der Waals surface area contributed by atoms with E-state index in [-0.39, 0.29) is 6.79 Å². The Balaban J connectivity index is 1.50. The molecule has 3 heterocycles. The zero-order chi connectivity index (χ0) is 14.9. The largest absolute Gasteiger partial charge is 0.487 e. The van der Waals surface area contributed by atoms with Gasteiger partial charge in [0.15, 0.2) is 11.5 Å². The van der Waals surface area contributed by atoms with Crippen LogP contribution in [0.3, 0.4) is 0 Å². The molecule has 0 saturated carbocycles. The number of aryl methyl sites for hydroxylation is 1. The fraction of sp³-hybridized carbons (Fsp3) is 0.188. The zero-order valence-electron chi connectivity index (χ0n) is 11.9. The van der Waals surface area contributed by atoms with E-state index in [1.54, 1.807) is 11.3 Å². The van der Waals surface area contributed by atoms with E-state index in [1.165, 1.54) is 0 Å². The van der Waals surface area contributed by atoms with Crippen molar-refractivity contribution in [1.82, 2.24) is 4.98 Å². The molecule has 0 aliphatic carbocycles. The molecule has 1 aliphatic heterocycles. The summed E-state index contributed by atoms with van der Waals surface area (Å²) >= 11 is 1.60. The lowest BCUT2D eigenvalue weighted by molar-refractivity contribution is 0.173. The van der Waals surface area contributed by atoms with Crippen LogP contribution in [0.4, 0.5) is 0 Å². The van der Waals surface area contributed by atoms with Crippen LogP contribution in [0.2, 0.25) is 0 Å². The number of hydrogen-bond donors (Lipinski definition) is 0. The number of ether oxygens (including phenoxy) is 3. The normalized spacial score (nSPS) is 12.6. The minimum atomic E-state index is 0.255. The Morgan fingerprint density at radius 3 is 3.00 bits per heavy atom. The quantitative estimate of drug-likeness (QED) is 0.728. The molecule has 1 aliphatic rings. The van der Waals surface area contributed by atoms with Crippen LogP contribution in [0.25, 0.3) is 10.8 Å². The number of fused-ring (bicyclic) bond motifs is 1. The molecular formula is C16H13NO4S. The third-order valence-corrected chi connectivity index (χ3v) is 4.20. The van der Waals surface area contributed by atoms with Gasteiger partial charge in [0, 0.05) is 6.07 Å². The van der Waals surface area contributed by atoms with E-state index in [0.717, 1.165) is 22.1 Å². The van der Waals surface area contributed by atoms with Gasteiger partial charge in [-0.15, -0.1) is 11.3 Å². The van der Waals surface area contributed by atoms with E-state index in [0.29, 0.717) is 24.0 Å². The van der Waals surface area contributed by atoms with Gasteiger partial charge in [0.2, 0.25) is 12.7 Å². The SMILES string of the molecule is Cc1oc(-c2cccs2)nc1COc1ccc2c(c1)OCO2. The van der Waals surface area contributed by atoms with Crippen molar-refractivity contribution in [2.45, 2.75) is 13.5 Å². The van der Waals surface area contributed by atoms with Crippen LogP contribution >= 0.6 is 11.3 Å². The molecule has 0 atom stereocenters. The Kier molecular flexibility index (Phi) is 3.23. The molecular weight excluding hydrogens is 302 g/mol. The van der Waals surface area contributed by atoms with Gasteiger partial charge in [-0.1, -0.05) is 6.07 Å². The van der Waals surface area contributed by atoms with Crippen molar-refractivity contribution in [3.05, 3.63) is 47.2 Å². The summed E-state index contributed by atoms with van der Waals surface area (Å²) in [4.78, 5) is 5.51. The Labute approximate surface area is 131 Å². The standard InChI is InChI=1S/C16H13NO4S/c1-10-12(17-16(21-10)15-3-2-6-22-15)8-18-11-4-5-13-14(7-11)20-9-19-13/h2-7H,8-9H2,1H3. The van der Waals surface area contributed by atoms with Gasteiger partial charge in [-0.2, -0.15) is 0 Å². The molecule has 0 spiro atoms. The molecule has 0 N–H and O–H groups in total. The molecule has 0 amide bonds. The molecule has 5 nitrogen and oxygen atoms in total. The lowest BCUT2D eigenvalue weighted by Crippen LogP contribution is -1.97. The maximum Gasteiger partial charge on any atom is 0.236 e. The average molecular weight is 315 g/mol. The Bertz CT molecular complexity index is 795. The zero-order valence-corrected chi connectivity index (χ0v) is 12.7. The summed E-state index contributed by atoms with van der Waals surface area (Å²) in [5, 5.41) is 2.00. The summed E-state index contributed by atoms with van der Waals surface area (Å²) in [5.74, 6) is 3.56. The van der Waals surface area contributed by atoms with Crippen molar-refractivity contribution >= 4 is 11.3 Å². The van der Waals surface area contributed by atoms with Crippen LogP contribution in [0.15, 0.2) is 40.1 Å². The molecule has 0 fully saturated rings. The third kappa shape index (κ3) is 2.42. The molecule has 0 unspecified atom stereocenters. The molecule has 112 valence electrons. The lowest BCUT2D eigenvalue weighted by Gasteiger charge is -2.05. The first-order valence-corrected chi connectivity index (χ1v) is 7.70. The predicted molar refractivity (Wildman–Crippen MR) is 81.5 cm³/mol. The van der Waals surface area contributed by atoms with E-state index in [4.69, 9.17) is 18.6 Å². The maximum absolute atomic E-state index is 5.77. The summed E-state index contributed by atoms with van der Waals surface area (Å²) in [5.41, 5.74) is 0.793. The van der Waals surface area contributed by atoms with Crippen molar-refractivity contribution in [3.63, 3.8) is 0 Å². The van der Waals surface area contributed by atoms with Crippen LogP contribution in [0.1, 0.15) is 11.5 Å². The number of thiophene rings is 1. The van der Waals surface area contributed by atoms with E-state index in [2.05, 4.69) is 4.98 Å². The minimum Gasteiger partial charge on any atom is -0.487 e. The highest BCUT2D eigenvalue weighted by molar-refractivity contribution is 7.13. The number of rotatable bonds is 4. The first-order chi connectivity index (χ1) is 10.8. The predicted octanol–water partition coefficient (Wildman–Crippen LogP) is 4.02. The first-order valence-electron chi connectivity index (χ1n) is 6.82. The van der Waals surface area contributed by atoms with Crippen molar-refractivity contribution in [1.29, 1.82) is 0 Å². The highest BCUT2D eigenvalue weighted by Gasteiger charge is 2.15. The summed E-state index contributed by atoms with van der Waals surface area (Å²) < 4.78 is 22.1. The van der Waals surface area contributed by atoms with E-state index in [1.807, 2.05) is 42.6 Å². The molecule has 4 rings (SSSR count). The summed E-state index contributed by atoms with van der Waals surface area (Å²) in [6, 6.07) is 9.46. The van der Waals surface area contributed by atoms with Gasteiger partial charge in [-0.3, -0.25) is 0 Å². The molecule has 0 radical (unpaired) electrons. The second-order valence-electron chi connectivity index (χ2n) is 4.80. The molecule has 1 aromatic carbocycles. The molecule has 0 saturated heterocycles. The number of benzene rings is 1. The van der Waals surface area contributed by atoms with Crippen LogP contribution < -0.4 is 14.2 Å². The van der Waals surface area contributed by atoms with Crippen LogP contribution in [0, 0.1) is 6.92 Å². The molecule has 0 bridgehead atoms. The number of oxazole rings is 1. The second kappa shape index (κ2) is 5.38. The third-order valence-electron chi connectivity index (χ3n) is 3.34. The highest BCUT2D eigenvalue weighted by Crippen LogP contribution is 2.35. The van der Waals surface area contributed by atoms with E-state index >= 15 is 0 Å². The van der Waals surface area contributed by atoms with Crippen molar-refractivity contribution in [2.75, 3.05) is 6.79 Å². The monoisotopic (exact) mass is 315 g/mol. The molecule has 2 aromatic heterocycles. The summed E-state index contributed by atoms with van der Waals surface area (Å²) in [6.45, 7) is 2.49. The fourth-order valence-electron chi connectivity index (χ4n) is 2.19. The van der Waals surface area contributed by atoms with Gasteiger partial charge >= 0.3 is 0 Å². The Morgan fingerprint density at radius 1 is 1.23 bits per heavy atom. The molecule has 6 heteroatoms. The number of hydrogen-bond acceptors (Lipinski definition) is 6. The van der Waals surface area contributed by atoms with E-state index in [9.17, 15) is 0 Å². The van der Waals surface area contributed by atoms with Gasteiger partial charge in [0.05, 0.1) is 4.88 Å². The first kappa shape index (κ1) is 13.2. The summed E-state index contributed by atoms with van der Waals surface area (Å²) in [7, 11) is 0. The topological polar surface area (TPSA) is 53.7 Å². The Hall–Kier alpha value is -2.47. The van der Waals surface area contributed by atoms with Crippen LogP contribution in [-0.4, -0.2) is 11.8 Å². The smallest absolute Gasteiger partial charge is 0.236 e. The van der Waals surface area contributed by atoms with Crippen LogP contribution in [0.5, 0.6) is 17.2 Å². The van der Waals surface area contributed by atoms with Gasteiger partial charge in [0.25, 0.3) is 0 Å². The van der Waals surface area contributed by atoms with Gasteiger partial charge in [-0.05, 0) is 30.5 Å². The van der Waals surface area contributed by atoms with Crippen molar-refractivity contribution in [3.8, 4) is 28.0 Å². The average Bonchev–Trinajstić information content (AvgIpc) is 3.25. The minimum absolute atomic E-state index is 0.255. The second-order valence-corrected chi connectivity index (χ2v) is 5.75. The number of nitrogens with zero attached hydrogens (tertiary/aromatic N) is 1. The van der Waals surface area contributed by atoms with Gasteiger partial charge in [0.1, 0.15) is 23.8 Å². The number of aromatic nitrogens is 1. The van der Waals surface area contributed by atoms with Crippen LogP contribution in [-0.2, 0) is 6.61 Å². The maximum atomic E-state index is 5.77. The van der Waals surface area contributed by atoms with Crippen molar-refractivity contribution in [2.24, 2.45) is 0 Å². The molecule has 3 aromatic rings. The van der Waals surface area contributed by atoms with Gasteiger partial charge < -0.3 is 18.6 Å². The van der Waals surface area contributed by atoms with E-state index < -0.39 is 0 Å². The molecule has 22 heavy (non-hydrogen) atoms. The summed E-state index contributed by atoms with van der Waals surface area (Å²) in [6.07, 6.45) is 0. The Morgan fingerprint density at radius 2 is 2.14 bits per heavy atom. The lowest BCUT2D eigenvalue weighted by atomic mass is 10.3.